The van der Waals surface area contributed by atoms with Crippen molar-refractivity contribution in [1.29, 1.82) is 0 Å². The lowest BCUT2D eigenvalue weighted by Crippen LogP contribution is -2.46. The van der Waals surface area contributed by atoms with Crippen LogP contribution in [0.2, 0.25) is 5.02 Å². The topological polar surface area (TPSA) is 58.6 Å². The molecule has 5 nitrogen and oxygen atoms in total. The van der Waals surface area contributed by atoms with Crippen molar-refractivity contribution in [2.75, 3.05) is 32.5 Å². The third-order valence-electron chi connectivity index (χ3n) is 3.59. The van der Waals surface area contributed by atoms with Crippen molar-refractivity contribution in [2.45, 2.75) is 19.1 Å². The minimum Gasteiger partial charge on any atom is -0.376 e. The lowest BCUT2D eigenvalue weighted by atomic mass is 10.0. The van der Waals surface area contributed by atoms with E-state index in [-0.39, 0.29) is 12.6 Å². The van der Waals surface area contributed by atoms with Gasteiger partial charge in [0.05, 0.1) is 25.0 Å². The van der Waals surface area contributed by atoms with Crippen LogP contribution in [0.15, 0.2) is 18.2 Å². The summed E-state index contributed by atoms with van der Waals surface area (Å²) < 4.78 is 45.0. The van der Waals surface area contributed by atoms with Gasteiger partial charge in [0.25, 0.3) is 0 Å². The maximum atomic E-state index is 14.3. The zero-order valence-electron chi connectivity index (χ0n) is 12.6. The fourth-order valence-electron chi connectivity index (χ4n) is 2.60. The lowest BCUT2D eigenvalue weighted by Gasteiger charge is -2.37. The minimum atomic E-state index is -3.38. The molecule has 0 bridgehead atoms. The van der Waals surface area contributed by atoms with Gasteiger partial charge in [0.2, 0.25) is 10.0 Å². The van der Waals surface area contributed by atoms with Crippen molar-refractivity contribution < 1.29 is 17.5 Å². The van der Waals surface area contributed by atoms with Crippen LogP contribution in [0.4, 0.5) is 4.39 Å². The van der Waals surface area contributed by atoms with Gasteiger partial charge in [0.1, 0.15) is 5.82 Å². The summed E-state index contributed by atoms with van der Waals surface area (Å²) in [4.78, 5) is 2.00. The van der Waals surface area contributed by atoms with Crippen LogP contribution in [0.5, 0.6) is 0 Å². The van der Waals surface area contributed by atoms with Gasteiger partial charge in [-0.2, -0.15) is 0 Å². The Morgan fingerprint density at radius 3 is 2.86 bits per heavy atom. The summed E-state index contributed by atoms with van der Waals surface area (Å²) in [7, 11) is -3.38. The van der Waals surface area contributed by atoms with Crippen LogP contribution in [0.1, 0.15) is 18.5 Å². The van der Waals surface area contributed by atoms with Crippen molar-refractivity contribution >= 4 is 21.6 Å². The Bertz CT molecular complexity index is 606. The first-order chi connectivity index (χ1) is 10.3. The summed E-state index contributed by atoms with van der Waals surface area (Å²) in [6, 6.07) is 4.00. The number of hydrogen-bond acceptors (Lipinski definition) is 4. The average Bonchev–Trinajstić information content (AvgIpc) is 2.41. The third kappa shape index (κ3) is 4.63. The molecule has 1 aliphatic heterocycles. The largest absolute Gasteiger partial charge is 0.376 e. The van der Waals surface area contributed by atoms with E-state index in [9.17, 15) is 12.8 Å². The van der Waals surface area contributed by atoms with E-state index in [4.69, 9.17) is 16.3 Å². The molecule has 0 aromatic heterocycles. The van der Waals surface area contributed by atoms with Crippen LogP contribution >= 0.6 is 11.6 Å². The maximum Gasteiger partial charge on any atom is 0.208 e. The summed E-state index contributed by atoms with van der Waals surface area (Å²) in [5.41, 5.74) is 0.314. The summed E-state index contributed by atoms with van der Waals surface area (Å²) in [6.07, 6.45) is 1.08. The fourth-order valence-corrected chi connectivity index (χ4v) is 3.35. The van der Waals surface area contributed by atoms with E-state index >= 15 is 0 Å². The first-order valence-electron chi connectivity index (χ1n) is 7.02. The predicted octanol–water partition coefficient (Wildman–Crippen LogP) is 1.79. The quantitative estimate of drug-likeness (QED) is 0.879. The van der Waals surface area contributed by atoms with Crippen molar-refractivity contribution in [2.24, 2.45) is 0 Å². The molecule has 1 aromatic carbocycles. The Kier molecular flexibility index (Phi) is 5.79. The number of nitrogens with one attached hydrogen (secondary N) is 1. The molecule has 0 amide bonds. The number of ether oxygens (including phenoxy) is 1. The number of sulfonamides is 1. The summed E-state index contributed by atoms with van der Waals surface area (Å²) in [5.74, 6) is -0.438. The first-order valence-corrected chi connectivity index (χ1v) is 9.29. The molecule has 1 fully saturated rings. The zero-order valence-corrected chi connectivity index (χ0v) is 14.1. The van der Waals surface area contributed by atoms with Crippen LogP contribution in [0.3, 0.4) is 0 Å². The van der Waals surface area contributed by atoms with Gasteiger partial charge in [-0.1, -0.05) is 17.7 Å². The molecule has 0 spiro atoms. The van der Waals surface area contributed by atoms with Crippen molar-refractivity contribution in [3.05, 3.63) is 34.6 Å². The molecule has 0 aliphatic carbocycles. The smallest absolute Gasteiger partial charge is 0.208 e. The highest BCUT2D eigenvalue weighted by atomic mass is 35.5. The fraction of sp³-hybridized carbons (Fsp3) is 0.571. The summed E-state index contributed by atoms with van der Waals surface area (Å²) >= 11 is 6.15. The van der Waals surface area contributed by atoms with E-state index in [0.29, 0.717) is 30.3 Å². The van der Waals surface area contributed by atoms with Gasteiger partial charge < -0.3 is 4.74 Å². The van der Waals surface area contributed by atoms with Gasteiger partial charge in [-0.15, -0.1) is 0 Å². The average molecular weight is 351 g/mol. The van der Waals surface area contributed by atoms with Gasteiger partial charge in [-0.3, -0.25) is 4.90 Å². The summed E-state index contributed by atoms with van der Waals surface area (Å²) in [6.45, 7) is 3.68. The van der Waals surface area contributed by atoms with E-state index < -0.39 is 21.9 Å². The molecule has 2 rings (SSSR count). The van der Waals surface area contributed by atoms with Crippen molar-refractivity contribution in [1.82, 2.24) is 9.62 Å². The number of hydrogen-bond donors (Lipinski definition) is 1. The molecule has 1 aliphatic rings. The maximum absolute atomic E-state index is 14.3. The Labute approximate surface area is 135 Å². The molecule has 1 N–H and O–H groups in total. The van der Waals surface area contributed by atoms with Crippen LogP contribution in [0, 0.1) is 5.82 Å². The van der Waals surface area contributed by atoms with Crippen molar-refractivity contribution in [3.8, 4) is 0 Å². The van der Waals surface area contributed by atoms with E-state index in [0.717, 1.165) is 6.26 Å². The molecule has 22 heavy (non-hydrogen) atoms. The normalized spacial score (nSPS) is 21.7. The van der Waals surface area contributed by atoms with E-state index in [1.54, 1.807) is 6.07 Å². The highest BCUT2D eigenvalue weighted by Gasteiger charge is 2.29. The number of benzene rings is 1. The Morgan fingerprint density at radius 2 is 2.27 bits per heavy atom. The van der Waals surface area contributed by atoms with Gasteiger partial charge in [-0.25, -0.2) is 17.5 Å². The SMILES string of the molecule is C[C@@H]1CN([C@@H](CNS(C)(=O)=O)c2c(F)cccc2Cl)CCO1. The van der Waals surface area contributed by atoms with Crippen molar-refractivity contribution in [3.63, 3.8) is 0 Å². The predicted molar refractivity (Wildman–Crippen MR) is 84.0 cm³/mol. The minimum absolute atomic E-state index is 0.0000302. The van der Waals surface area contributed by atoms with Crippen LogP contribution in [-0.2, 0) is 14.8 Å². The van der Waals surface area contributed by atoms with E-state index in [1.165, 1.54) is 12.1 Å². The highest BCUT2D eigenvalue weighted by Crippen LogP contribution is 2.31. The first kappa shape index (κ1) is 17.6. The van der Waals surface area contributed by atoms with E-state index in [1.807, 2.05) is 11.8 Å². The number of halogens is 2. The van der Waals surface area contributed by atoms with Gasteiger partial charge in [-0.05, 0) is 19.1 Å². The summed E-state index contributed by atoms with van der Waals surface area (Å²) in [5, 5.41) is 0.291. The number of morpholine rings is 1. The van der Waals surface area contributed by atoms with E-state index in [2.05, 4.69) is 4.72 Å². The zero-order chi connectivity index (χ0) is 16.3. The molecule has 1 saturated heterocycles. The molecule has 1 aromatic rings. The molecular formula is C14H20ClFN2O3S. The van der Waals surface area contributed by atoms with Crippen LogP contribution < -0.4 is 4.72 Å². The molecule has 0 saturated carbocycles. The Hall–Kier alpha value is -0.730. The number of rotatable bonds is 5. The van der Waals surface area contributed by atoms with Gasteiger partial charge in [0.15, 0.2) is 0 Å². The van der Waals surface area contributed by atoms with Crippen LogP contribution in [0.25, 0.3) is 0 Å². The lowest BCUT2D eigenvalue weighted by molar-refractivity contribution is -0.0342. The van der Waals surface area contributed by atoms with Gasteiger partial charge in [0, 0.05) is 30.2 Å². The monoisotopic (exact) mass is 350 g/mol. The Balaban J connectivity index is 2.32. The molecule has 0 radical (unpaired) electrons. The van der Waals surface area contributed by atoms with Gasteiger partial charge >= 0.3 is 0 Å². The molecule has 8 heteroatoms. The molecule has 0 unspecified atom stereocenters. The molecular weight excluding hydrogens is 331 g/mol. The highest BCUT2D eigenvalue weighted by molar-refractivity contribution is 7.88. The van der Waals surface area contributed by atoms with Crippen LogP contribution in [-0.4, -0.2) is 51.9 Å². The standard InChI is InChI=1S/C14H20ClFN2O3S/c1-10-9-18(6-7-21-10)13(8-17-22(2,19)20)14-11(15)4-3-5-12(14)16/h3-5,10,13,17H,6-9H2,1-2H3/t10-,13+/m1/s1. The molecule has 124 valence electrons. The third-order valence-corrected chi connectivity index (χ3v) is 4.61. The second-order valence-electron chi connectivity index (χ2n) is 5.45. The number of nitrogens with zero attached hydrogens (tertiary/aromatic N) is 1. The molecule has 2 atom stereocenters. The second kappa shape index (κ2) is 7.23. The Morgan fingerprint density at radius 1 is 1.55 bits per heavy atom. The second-order valence-corrected chi connectivity index (χ2v) is 7.69. The molecule has 1 heterocycles.